The highest BCUT2D eigenvalue weighted by Gasteiger charge is 2.21. The quantitative estimate of drug-likeness (QED) is 0.470. The maximum atomic E-state index is 13.7. The van der Waals surface area contributed by atoms with Gasteiger partial charge in [-0.1, -0.05) is 12.1 Å². The number of rotatable bonds is 5. The summed E-state index contributed by atoms with van der Waals surface area (Å²) in [6.07, 6.45) is 0. The van der Waals surface area contributed by atoms with E-state index in [1.165, 1.54) is 12.1 Å². The Labute approximate surface area is 172 Å². The summed E-state index contributed by atoms with van der Waals surface area (Å²) in [5.74, 6) is -0.478. The number of carbonyl (C=O) groups excluding carboxylic acids is 1. The standard InChI is InChI=1S/C22H23FN4OS/c1-13(2)27-15(4)21(14(3)25-27)24-22(28)19-11-20-18(8-9-29-20)26(19)12-16-6-5-7-17(23)10-16/h5-11,13H,12H2,1-4H3,(H,24,28). The van der Waals surface area contributed by atoms with E-state index in [1.54, 1.807) is 17.4 Å². The fourth-order valence-corrected chi connectivity index (χ4v) is 4.50. The van der Waals surface area contributed by atoms with Crippen molar-refractivity contribution in [2.24, 2.45) is 0 Å². The Kier molecular flexibility index (Phi) is 5.00. The van der Waals surface area contributed by atoms with E-state index < -0.39 is 0 Å². The number of thiophene rings is 1. The van der Waals surface area contributed by atoms with Crippen LogP contribution in [-0.4, -0.2) is 20.3 Å². The summed E-state index contributed by atoms with van der Waals surface area (Å²) in [6.45, 7) is 8.39. The molecule has 0 aliphatic carbocycles. The number of benzene rings is 1. The number of fused-ring (bicyclic) bond motifs is 1. The van der Waals surface area contributed by atoms with E-state index in [4.69, 9.17) is 0 Å². The zero-order valence-electron chi connectivity index (χ0n) is 16.9. The molecule has 0 fully saturated rings. The first kappa shape index (κ1) is 19.4. The lowest BCUT2D eigenvalue weighted by Crippen LogP contribution is -2.18. The Bertz CT molecular complexity index is 1200. The number of anilines is 1. The van der Waals surface area contributed by atoms with Crippen molar-refractivity contribution in [3.63, 3.8) is 0 Å². The average molecular weight is 411 g/mol. The van der Waals surface area contributed by atoms with Gasteiger partial charge >= 0.3 is 0 Å². The van der Waals surface area contributed by atoms with E-state index in [9.17, 15) is 9.18 Å². The van der Waals surface area contributed by atoms with E-state index in [0.29, 0.717) is 12.2 Å². The first-order valence-electron chi connectivity index (χ1n) is 9.53. The molecule has 0 bridgehead atoms. The molecule has 29 heavy (non-hydrogen) atoms. The second kappa shape index (κ2) is 7.48. The van der Waals surface area contributed by atoms with Crippen molar-refractivity contribution < 1.29 is 9.18 Å². The number of nitrogens with one attached hydrogen (secondary N) is 1. The lowest BCUT2D eigenvalue weighted by molar-refractivity contribution is 0.101. The molecule has 4 aromatic rings. The van der Waals surface area contributed by atoms with Crippen LogP contribution in [-0.2, 0) is 6.54 Å². The van der Waals surface area contributed by atoms with Crippen molar-refractivity contribution in [3.8, 4) is 0 Å². The summed E-state index contributed by atoms with van der Waals surface area (Å²) in [6, 6.07) is 10.6. The molecule has 4 rings (SSSR count). The number of hydrogen-bond donors (Lipinski definition) is 1. The molecule has 0 aliphatic rings. The molecule has 150 valence electrons. The number of aryl methyl sites for hydroxylation is 1. The van der Waals surface area contributed by atoms with Gasteiger partial charge < -0.3 is 9.88 Å². The Balaban J connectivity index is 1.71. The third kappa shape index (κ3) is 3.58. The van der Waals surface area contributed by atoms with Gasteiger partial charge in [-0.15, -0.1) is 11.3 Å². The van der Waals surface area contributed by atoms with Crippen LogP contribution in [0, 0.1) is 19.7 Å². The molecule has 0 saturated carbocycles. The number of aromatic nitrogens is 3. The summed E-state index contributed by atoms with van der Waals surface area (Å²) in [7, 11) is 0. The molecule has 1 aromatic carbocycles. The van der Waals surface area contributed by atoms with Gasteiger partial charge in [-0.3, -0.25) is 9.48 Å². The van der Waals surface area contributed by atoms with Crippen LogP contribution in [0.1, 0.15) is 47.3 Å². The zero-order valence-corrected chi connectivity index (χ0v) is 17.7. The smallest absolute Gasteiger partial charge is 0.272 e. The van der Waals surface area contributed by atoms with Gasteiger partial charge in [0.2, 0.25) is 0 Å². The van der Waals surface area contributed by atoms with Gasteiger partial charge in [-0.25, -0.2) is 4.39 Å². The summed E-state index contributed by atoms with van der Waals surface area (Å²) < 4.78 is 18.5. The van der Waals surface area contributed by atoms with Crippen molar-refractivity contribution in [2.45, 2.75) is 40.3 Å². The minimum atomic E-state index is -0.283. The maximum absolute atomic E-state index is 13.7. The van der Waals surface area contributed by atoms with Gasteiger partial charge in [-0.2, -0.15) is 5.10 Å². The van der Waals surface area contributed by atoms with Crippen molar-refractivity contribution in [1.29, 1.82) is 0 Å². The maximum Gasteiger partial charge on any atom is 0.272 e. The van der Waals surface area contributed by atoms with Crippen LogP contribution in [0.4, 0.5) is 10.1 Å². The lowest BCUT2D eigenvalue weighted by Gasteiger charge is -2.12. The molecule has 0 unspecified atom stereocenters. The minimum absolute atomic E-state index is 0.195. The topological polar surface area (TPSA) is 51.9 Å². The molecule has 0 saturated heterocycles. The van der Waals surface area contributed by atoms with Crippen molar-refractivity contribution in [2.75, 3.05) is 5.32 Å². The van der Waals surface area contributed by atoms with Crippen LogP contribution in [0.25, 0.3) is 10.2 Å². The van der Waals surface area contributed by atoms with Gasteiger partial charge in [0.15, 0.2) is 0 Å². The summed E-state index contributed by atoms with van der Waals surface area (Å²) in [5.41, 5.74) is 4.78. The monoisotopic (exact) mass is 410 g/mol. The largest absolute Gasteiger partial charge is 0.331 e. The number of carbonyl (C=O) groups is 1. The van der Waals surface area contributed by atoms with Gasteiger partial charge in [0.1, 0.15) is 11.5 Å². The Hall–Kier alpha value is -2.93. The van der Waals surface area contributed by atoms with Crippen LogP contribution in [0.3, 0.4) is 0 Å². The highest BCUT2D eigenvalue weighted by Crippen LogP contribution is 2.28. The van der Waals surface area contributed by atoms with E-state index in [0.717, 1.165) is 32.9 Å². The molecule has 0 radical (unpaired) electrons. The highest BCUT2D eigenvalue weighted by molar-refractivity contribution is 7.17. The summed E-state index contributed by atoms with van der Waals surface area (Å²) in [4.78, 5) is 13.2. The van der Waals surface area contributed by atoms with Crippen LogP contribution in [0.15, 0.2) is 41.8 Å². The molecule has 0 spiro atoms. The average Bonchev–Trinajstić information content (AvgIpc) is 3.32. The molecule has 1 amide bonds. The lowest BCUT2D eigenvalue weighted by atomic mass is 10.2. The van der Waals surface area contributed by atoms with Gasteiger partial charge in [0.25, 0.3) is 5.91 Å². The van der Waals surface area contributed by atoms with E-state index in [-0.39, 0.29) is 17.8 Å². The fourth-order valence-electron chi connectivity index (χ4n) is 3.68. The molecule has 1 N–H and O–H groups in total. The first-order valence-corrected chi connectivity index (χ1v) is 10.4. The molecule has 7 heteroatoms. The fraction of sp³-hybridized carbons (Fsp3) is 0.273. The Morgan fingerprint density at radius 1 is 1.24 bits per heavy atom. The third-order valence-electron chi connectivity index (χ3n) is 5.04. The van der Waals surface area contributed by atoms with Crippen molar-refractivity contribution in [1.82, 2.24) is 14.3 Å². The van der Waals surface area contributed by atoms with Crippen molar-refractivity contribution in [3.05, 3.63) is 70.2 Å². The van der Waals surface area contributed by atoms with E-state index in [1.807, 2.05) is 46.7 Å². The van der Waals surface area contributed by atoms with Crippen LogP contribution < -0.4 is 5.32 Å². The third-order valence-corrected chi connectivity index (χ3v) is 5.89. The molecule has 5 nitrogen and oxygen atoms in total. The zero-order chi connectivity index (χ0) is 20.7. The SMILES string of the molecule is Cc1nn(C(C)C)c(C)c1NC(=O)c1cc2sccc2n1Cc1cccc(F)c1. The number of nitrogens with zero attached hydrogens (tertiary/aromatic N) is 3. The van der Waals surface area contributed by atoms with Gasteiger partial charge in [0, 0.05) is 12.6 Å². The predicted octanol–water partition coefficient (Wildman–Crippen LogP) is 5.54. The predicted molar refractivity (Wildman–Crippen MR) is 115 cm³/mol. The molecular weight excluding hydrogens is 387 g/mol. The second-order valence-electron chi connectivity index (χ2n) is 7.45. The molecule has 0 atom stereocenters. The Morgan fingerprint density at radius 2 is 2.03 bits per heavy atom. The first-order chi connectivity index (χ1) is 13.8. The van der Waals surface area contributed by atoms with E-state index >= 15 is 0 Å². The van der Waals surface area contributed by atoms with E-state index in [2.05, 4.69) is 24.3 Å². The number of halogens is 1. The molecular formula is C22H23FN4OS. The highest BCUT2D eigenvalue weighted by atomic mass is 32.1. The van der Waals surface area contributed by atoms with Gasteiger partial charge in [0.05, 0.1) is 27.3 Å². The Morgan fingerprint density at radius 3 is 2.72 bits per heavy atom. The molecule has 3 heterocycles. The molecule has 0 aliphatic heterocycles. The summed E-state index contributed by atoms with van der Waals surface area (Å²) in [5, 5.41) is 9.59. The van der Waals surface area contributed by atoms with Crippen molar-refractivity contribution >= 4 is 33.1 Å². The number of amides is 1. The number of hydrogen-bond acceptors (Lipinski definition) is 3. The van der Waals surface area contributed by atoms with Crippen LogP contribution >= 0.6 is 11.3 Å². The normalized spacial score (nSPS) is 11.5. The molecule has 3 aromatic heterocycles. The minimum Gasteiger partial charge on any atom is -0.331 e. The van der Waals surface area contributed by atoms with Crippen LogP contribution in [0.5, 0.6) is 0 Å². The van der Waals surface area contributed by atoms with Crippen LogP contribution in [0.2, 0.25) is 0 Å². The van der Waals surface area contributed by atoms with Gasteiger partial charge in [-0.05, 0) is 62.9 Å². The summed E-state index contributed by atoms with van der Waals surface area (Å²) >= 11 is 1.58. The second-order valence-corrected chi connectivity index (χ2v) is 8.40.